The highest BCUT2D eigenvalue weighted by atomic mass is 32.1. The van der Waals surface area contributed by atoms with E-state index in [9.17, 15) is 4.79 Å². The number of hydrogen-bond acceptors (Lipinski definition) is 5. The molecular weight excluding hydrogens is 260 g/mol. The number of amides is 1. The normalized spacial score (nSPS) is 10.9. The lowest BCUT2D eigenvalue weighted by molar-refractivity contribution is 0.0934. The van der Waals surface area contributed by atoms with Gasteiger partial charge in [0.15, 0.2) is 5.13 Å². The van der Waals surface area contributed by atoms with Crippen molar-refractivity contribution in [1.82, 2.24) is 10.3 Å². The molecule has 104 valence electrons. The van der Waals surface area contributed by atoms with Crippen LogP contribution in [-0.2, 0) is 0 Å². The Morgan fingerprint density at radius 2 is 2.11 bits per heavy atom. The molecule has 1 rings (SSSR count). The second-order valence-corrected chi connectivity index (χ2v) is 5.58. The van der Waals surface area contributed by atoms with E-state index in [0.717, 1.165) is 18.2 Å². The highest BCUT2D eigenvalue weighted by Crippen LogP contribution is 2.28. The number of carbonyl (C=O) groups is 1. The molecule has 0 atom stereocenters. The number of nitrogens with two attached hydrogens (primary N) is 1. The fourth-order valence-corrected chi connectivity index (χ4v) is 2.50. The lowest BCUT2D eigenvalue weighted by Gasteiger charge is -2.19. The van der Waals surface area contributed by atoms with Crippen molar-refractivity contribution < 1.29 is 4.79 Å². The molecule has 1 amide bonds. The number of nitrogens with zero attached hydrogens (tertiary/aromatic N) is 2. The van der Waals surface area contributed by atoms with Gasteiger partial charge in [0.1, 0.15) is 10.7 Å². The lowest BCUT2D eigenvalue weighted by atomic mass is 10.1. The minimum Gasteiger partial charge on any atom is -0.382 e. The van der Waals surface area contributed by atoms with Gasteiger partial charge in [-0.3, -0.25) is 4.79 Å². The Bertz CT molecular complexity index is 497. The molecule has 5 nitrogen and oxygen atoms in total. The van der Waals surface area contributed by atoms with Gasteiger partial charge in [0, 0.05) is 13.1 Å². The number of nitrogen functional groups attached to an aromatic ring is 1. The molecule has 0 aliphatic carbocycles. The summed E-state index contributed by atoms with van der Waals surface area (Å²) in [6.07, 6.45) is 5.35. The number of rotatable bonds is 5. The average Bonchev–Trinajstić information content (AvgIpc) is 2.72. The second kappa shape index (κ2) is 5.93. The number of carbonyl (C=O) groups excluding carboxylic acids is 1. The van der Waals surface area contributed by atoms with Crippen molar-refractivity contribution >= 4 is 28.2 Å². The number of anilines is 2. The number of hydrogen-bond donors (Lipinski definition) is 2. The van der Waals surface area contributed by atoms with Gasteiger partial charge in [0.25, 0.3) is 5.91 Å². The van der Waals surface area contributed by atoms with Crippen molar-refractivity contribution in [3.63, 3.8) is 0 Å². The van der Waals surface area contributed by atoms with Crippen molar-refractivity contribution in [3.05, 3.63) is 4.88 Å². The molecule has 0 aliphatic rings. The third-order valence-corrected chi connectivity index (χ3v) is 3.80. The van der Waals surface area contributed by atoms with Gasteiger partial charge in [-0.15, -0.1) is 6.42 Å². The molecule has 6 heteroatoms. The first-order valence-corrected chi connectivity index (χ1v) is 6.97. The van der Waals surface area contributed by atoms with Crippen molar-refractivity contribution in [1.29, 1.82) is 0 Å². The van der Waals surface area contributed by atoms with Crippen LogP contribution < -0.4 is 16.0 Å². The Morgan fingerprint density at radius 3 is 2.58 bits per heavy atom. The average molecular weight is 280 g/mol. The molecule has 19 heavy (non-hydrogen) atoms. The number of nitrogens with one attached hydrogen (secondary N) is 1. The zero-order valence-corrected chi connectivity index (χ0v) is 12.6. The molecule has 0 aliphatic heterocycles. The van der Waals surface area contributed by atoms with Crippen molar-refractivity contribution in [2.24, 2.45) is 0 Å². The van der Waals surface area contributed by atoms with Crippen LogP contribution in [0.1, 0.15) is 37.4 Å². The van der Waals surface area contributed by atoms with Crippen LogP contribution in [0.25, 0.3) is 0 Å². The van der Waals surface area contributed by atoms with Crippen LogP contribution in [0, 0.1) is 12.3 Å². The lowest BCUT2D eigenvalue weighted by Crippen LogP contribution is -2.42. The summed E-state index contributed by atoms with van der Waals surface area (Å²) in [4.78, 5) is 18.8. The zero-order chi connectivity index (χ0) is 14.6. The molecule has 3 N–H and O–H groups in total. The van der Waals surface area contributed by atoms with Crippen LogP contribution in [0.3, 0.4) is 0 Å². The van der Waals surface area contributed by atoms with Crippen LogP contribution >= 0.6 is 11.3 Å². The van der Waals surface area contributed by atoms with Crippen molar-refractivity contribution in [2.75, 3.05) is 23.7 Å². The Balaban J connectivity index is 2.97. The monoisotopic (exact) mass is 280 g/mol. The van der Waals surface area contributed by atoms with Gasteiger partial charge >= 0.3 is 0 Å². The summed E-state index contributed by atoms with van der Waals surface area (Å²) in [5.41, 5.74) is 5.10. The van der Waals surface area contributed by atoms with Gasteiger partial charge in [-0.1, -0.05) is 17.3 Å². The highest BCUT2D eigenvalue weighted by Gasteiger charge is 2.23. The predicted molar refractivity (Wildman–Crippen MR) is 80.5 cm³/mol. The molecule has 0 radical (unpaired) electrons. The summed E-state index contributed by atoms with van der Waals surface area (Å²) in [6, 6.07) is 0. The smallest absolute Gasteiger partial charge is 0.266 e. The summed E-state index contributed by atoms with van der Waals surface area (Å²) < 4.78 is 0. The topological polar surface area (TPSA) is 71.2 Å². The van der Waals surface area contributed by atoms with Crippen LogP contribution in [0.2, 0.25) is 0 Å². The Kier molecular flexibility index (Phi) is 4.78. The maximum Gasteiger partial charge on any atom is 0.266 e. The van der Waals surface area contributed by atoms with Crippen LogP contribution in [0.15, 0.2) is 0 Å². The third kappa shape index (κ3) is 3.61. The third-order valence-electron chi connectivity index (χ3n) is 2.67. The van der Waals surface area contributed by atoms with Gasteiger partial charge in [0.05, 0.1) is 5.54 Å². The maximum absolute atomic E-state index is 12.1. The van der Waals surface area contributed by atoms with Crippen LogP contribution in [0.5, 0.6) is 0 Å². The summed E-state index contributed by atoms with van der Waals surface area (Å²) in [5.74, 6) is 2.48. The first-order valence-electron chi connectivity index (χ1n) is 6.16. The van der Waals surface area contributed by atoms with Gasteiger partial charge < -0.3 is 16.0 Å². The van der Waals surface area contributed by atoms with Gasteiger partial charge in [-0.05, 0) is 27.7 Å². The van der Waals surface area contributed by atoms with E-state index in [1.54, 1.807) is 13.8 Å². The van der Waals surface area contributed by atoms with Gasteiger partial charge in [-0.2, -0.15) is 0 Å². The highest BCUT2D eigenvalue weighted by molar-refractivity contribution is 7.18. The molecule has 0 unspecified atom stereocenters. The predicted octanol–water partition coefficient (Wildman–Crippen LogP) is 1.71. The fraction of sp³-hybridized carbons (Fsp3) is 0.538. The van der Waals surface area contributed by atoms with E-state index >= 15 is 0 Å². The molecule has 1 aromatic heterocycles. The Hall–Kier alpha value is -1.74. The first-order chi connectivity index (χ1) is 8.84. The van der Waals surface area contributed by atoms with E-state index in [2.05, 4.69) is 16.2 Å². The number of terminal acetylenes is 1. The molecule has 1 aromatic rings. The first kappa shape index (κ1) is 15.3. The SMILES string of the molecule is C#CC(C)(C)NC(=O)c1sc(N(CC)CC)nc1N. The van der Waals surface area contributed by atoms with Crippen LogP contribution in [-0.4, -0.2) is 29.5 Å². The van der Waals surface area contributed by atoms with Crippen LogP contribution in [0.4, 0.5) is 10.9 Å². The molecule has 0 spiro atoms. The van der Waals surface area contributed by atoms with Crippen molar-refractivity contribution in [2.45, 2.75) is 33.2 Å². The largest absolute Gasteiger partial charge is 0.382 e. The maximum atomic E-state index is 12.1. The Labute approximate surface area is 118 Å². The molecule has 1 heterocycles. The van der Waals surface area contributed by atoms with E-state index in [0.29, 0.717) is 4.88 Å². The molecule has 0 aromatic carbocycles. The van der Waals surface area contributed by atoms with E-state index in [4.69, 9.17) is 12.2 Å². The second-order valence-electron chi connectivity index (χ2n) is 4.61. The van der Waals surface area contributed by atoms with Gasteiger partial charge in [0.2, 0.25) is 0 Å². The summed E-state index contributed by atoms with van der Waals surface area (Å²) in [7, 11) is 0. The summed E-state index contributed by atoms with van der Waals surface area (Å²) >= 11 is 1.29. The fourth-order valence-electron chi connectivity index (χ4n) is 1.49. The summed E-state index contributed by atoms with van der Waals surface area (Å²) in [5, 5.41) is 3.50. The molecule has 0 saturated carbocycles. The van der Waals surface area contributed by atoms with E-state index < -0.39 is 5.54 Å². The minimum absolute atomic E-state index is 0.247. The number of thiazole rings is 1. The molecular formula is C13H20N4OS. The zero-order valence-electron chi connectivity index (χ0n) is 11.8. The standard InChI is InChI=1S/C13H20N4OS/c1-6-13(4,5)16-11(18)9-10(14)15-12(19-9)17(7-2)8-3/h1H,7-8,14H2,2-5H3,(H,16,18). The molecule has 0 fully saturated rings. The minimum atomic E-state index is -0.705. The number of aromatic nitrogens is 1. The van der Waals surface area contributed by atoms with E-state index in [-0.39, 0.29) is 11.7 Å². The van der Waals surface area contributed by atoms with Gasteiger partial charge in [-0.25, -0.2) is 4.98 Å². The summed E-state index contributed by atoms with van der Waals surface area (Å²) in [6.45, 7) is 9.21. The van der Waals surface area contributed by atoms with Crippen molar-refractivity contribution in [3.8, 4) is 12.3 Å². The van der Waals surface area contributed by atoms with E-state index in [1.165, 1.54) is 11.3 Å². The quantitative estimate of drug-likeness (QED) is 0.806. The molecule has 0 bridgehead atoms. The van der Waals surface area contributed by atoms with E-state index in [1.807, 2.05) is 18.7 Å². The molecule has 0 saturated heterocycles. The Morgan fingerprint density at radius 1 is 1.53 bits per heavy atom.